The molecule has 0 N–H and O–H groups in total. The van der Waals surface area contributed by atoms with Crippen molar-refractivity contribution in [2.24, 2.45) is 5.18 Å². The Morgan fingerprint density at radius 3 is 2.86 bits per heavy atom. The summed E-state index contributed by atoms with van der Waals surface area (Å²) >= 11 is 1.22. The summed E-state index contributed by atoms with van der Waals surface area (Å²) in [4.78, 5) is 22.3. The van der Waals surface area contributed by atoms with Crippen molar-refractivity contribution in [3.63, 3.8) is 0 Å². The zero-order valence-electron chi connectivity index (χ0n) is 15.0. The highest BCUT2D eigenvalue weighted by Gasteiger charge is 2.32. The second-order valence-electron chi connectivity index (χ2n) is 6.56. The fourth-order valence-corrected chi connectivity index (χ4v) is 6.25. The molecule has 0 aliphatic heterocycles. The Hall–Kier alpha value is -2.24. The Morgan fingerprint density at radius 1 is 1.43 bits per heavy atom. The molecule has 8 nitrogen and oxygen atoms in total. The highest BCUT2D eigenvalue weighted by molar-refractivity contribution is 7.89. The molecule has 28 heavy (non-hydrogen) atoms. The zero-order valence-corrected chi connectivity index (χ0v) is 16.6. The molecule has 0 bridgehead atoms. The number of nitroso groups, excluding NO2 is 1. The number of nitro groups is 1. The largest absolute Gasteiger partial charge is 0.275 e. The standard InChI is InChI=1S/C17H18FN3O5S2/c1-20(8-7-11-5-6-12(18)9-15(11)21(23)24)28(25,26)16-10-27-17-13(16)3-2-4-14(17)19-22/h5-6,9-10,14H,2-4,7-8H2,1H3. The summed E-state index contributed by atoms with van der Waals surface area (Å²) in [7, 11) is -2.43. The Morgan fingerprint density at radius 2 is 2.18 bits per heavy atom. The molecule has 0 amide bonds. The highest BCUT2D eigenvalue weighted by atomic mass is 32.2. The van der Waals surface area contributed by atoms with Gasteiger partial charge >= 0.3 is 0 Å². The molecule has 0 saturated carbocycles. The van der Waals surface area contributed by atoms with Gasteiger partial charge in [-0.15, -0.1) is 11.3 Å². The summed E-state index contributed by atoms with van der Waals surface area (Å²) in [5.74, 6) is -0.723. The fraction of sp³-hybridized carbons (Fsp3) is 0.412. The number of hydrogen-bond donors (Lipinski definition) is 0. The van der Waals surface area contributed by atoms with Gasteiger partial charge in [0.05, 0.1) is 15.9 Å². The fourth-order valence-electron chi connectivity index (χ4n) is 3.31. The monoisotopic (exact) mass is 427 g/mol. The van der Waals surface area contributed by atoms with Gasteiger partial charge in [-0.2, -0.15) is 4.91 Å². The van der Waals surface area contributed by atoms with Gasteiger partial charge in [0.2, 0.25) is 10.0 Å². The molecular weight excluding hydrogens is 409 g/mol. The third kappa shape index (κ3) is 3.82. The minimum absolute atomic E-state index is 0.00517. The molecule has 1 unspecified atom stereocenters. The minimum atomic E-state index is -3.82. The van der Waals surface area contributed by atoms with Gasteiger partial charge in [0.15, 0.2) is 0 Å². The molecule has 1 aromatic carbocycles. The molecule has 2 aromatic rings. The van der Waals surface area contributed by atoms with Crippen LogP contribution in [0.3, 0.4) is 0 Å². The number of likely N-dealkylation sites (N-methyl/N-ethyl adjacent to an activating group) is 1. The van der Waals surface area contributed by atoms with E-state index in [0.717, 1.165) is 16.4 Å². The number of benzene rings is 1. The number of fused-ring (bicyclic) bond motifs is 1. The van der Waals surface area contributed by atoms with Crippen molar-refractivity contribution in [2.45, 2.75) is 36.6 Å². The van der Waals surface area contributed by atoms with Gasteiger partial charge in [-0.05, 0) is 43.4 Å². The average Bonchev–Trinajstić information content (AvgIpc) is 3.11. The van der Waals surface area contributed by atoms with Crippen molar-refractivity contribution in [3.05, 3.63) is 60.4 Å². The highest BCUT2D eigenvalue weighted by Crippen LogP contribution is 2.41. The maximum absolute atomic E-state index is 13.3. The van der Waals surface area contributed by atoms with Crippen molar-refractivity contribution in [3.8, 4) is 0 Å². The summed E-state index contributed by atoms with van der Waals surface area (Å²) in [6.45, 7) is -0.00517. The van der Waals surface area contributed by atoms with Crippen LogP contribution in [-0.2, 0) is 22.9 Å². The quantitative estimate of drug-likeness (QED) is 0.379. The number of hydrogen-bond acceptors (Lipinski definition) is 7. The lowest BCUT2D eigenvalue weighted by molar-refractivity contribution is -0.385. The molecule has 1 aliphatic rings. The van der Waals surface area contributed by atoms with Crippen LogP contribution in [0.25, 0.3) is 0 Å². The van der Waals surface area contributed by atoms with Gasteiger partial charge < -0.3 is 0 Å². The molecule has 150 valence electrons. The summed E-state index contributed by atoms with van der Waals surface area (Å²) < 4.78 is 40.4. The van der Waals surface area contributed by atoms with E-state index in [1.165, 1.54) is 29.8 Å². The molecule has 1 aliphatic carbocycles. The van der Waals surface area contributed by atoms with E-state index in [1.54, 1.807) is 0 Å². The first-order valence-electron chi connectivity index (χ1n) is 8.57. The molecule has 11 heteroatoms. The van der Waals surface area contributed by atoms with Crippen LogP contribution >= 0.6 is 11.3 Å². The van der Waals surface area contributed by atoms with Crippen LogP contribution in [0, 0.1) is 20.8 Å². The lowest BCUT2D eigenvalue weighted by Gasteiger charge is -2.20. The van der Waals surface area contributed by atoms with Crippen LogP contribution in [0.5, 0.6) is 0 Å². The van der Waals surface area contributed by atoms with E-state index in [-0.39, 0.29) is 29.1 Å². The third-order valence-corrected chi connectivity index (χ3v) is 8.05. The van der Waals surface area contributed by atoms with E-state index in [2.05, 4.69) is 5.18 Å². The van der Waals surface area contributed by atoms with Crippen molar-refractivity contribution < 1.29 is 17.7 Å². The Kier molecular flexibility index (Phi) is 5.87. The summed E-state index contributed by atoms with van der Waals surface area (Å²) in [5, 5.41) is 15.7. The SMILES string of the molecule is CN(CCc1ccc(F)cc1[N+](=O)[O-])S(=O)(=O)c1csc2c1CCCC2N=O. The van der Waals surface area contributed by atoms with Crippen LogP contribution in [0.4, 0.5) is 10.1 Å². The van der Waals surface area contributed by atoms with E-state index in [1.807, 2.05) is 0 Å². The summed E-state index contributed by atoms with van der Waals surface area (Å²) in [6, 6.07) is 2.72. The third-order valence-electron chi connectivity index (χ3n) is 4.85. The van der Waals surface area contributed by atoms with Gasteiger partial charge in [0.1, 0.15) is 11.9 Å². The second-order valence-corrected chi connectivity index (χ2v) is 9.49. The topological polar surface area (TPSA) is 110 Å². The summed E-state index contributed by atoms with van der Waals surface area (Å²) in [5.41, 5.74) is 0.519. The van der Waals surface area contributed by atoms with Crippen molar-refractivity contribution in [1.82, 2.24) is 4.31 Å². The van der Waals surface area contributed by atoms with E-state index in [4.69, 9.17) is 0 Å². The predicted molar refractivity (Wildman–Crippen MR) is 102 cm³/mol. The van der Waals surface area contributed by atoms with Crippen LogP contribution in [0.2, 0.25) is 0 Å². The average molecular weight is 427 g/mol. The predicted octanol–water partition coefficient (Wildman–Crippen LogP) is 3.80. The number of rotatable bonds is 7. The first-order valence-corrected chi connectivity index (χ1v) is 10.9. The lowest BCUT2D eigenvalue weighted by Crippen LogP contribution is -2.29. The Balaban J connectivity index is 1.82. The molecule has 3 rings (SSSR count). The smallest absolute Gasteiger partial charge is 0.258 e. The number of thiophene rings is 1. The van der Waals surface area contributed by atoms with Crippen molar-refractivity contribution in [1.29, 1.82) is 0 Å². The maximum atomic E-state index is 13.3. The Bertz CT molecular complexity index is 1020. The van der Waals surface area contributed by atoms with Crippen LogP contribution in [0.1, 0.15) is 34.9 Å². The maximum Gasteiger partial charge on any atom is 0.275 e. The van der Waals surface area contributed by atoms with E-state index >= 15 is 0 Å². The van der Waals surface area contributed by atoms with Crippen LogP contribution < -0.4 is 0 Å². The van der Waals surface area contributed by atoms with Gasteiger partial charge in [-0.3, -0.25) is 10.1 Å². The van der Waals surface area contributed by atoms with Crippen LogP contribution in [-0.4, -0.2) is 31.2 Å². The number of nitro benzene ring substituents is 1. The van der Waals surface area contributed by atoms with Gasteiger partial charge in [0.25, 0.3) is 5.69 Å². The van der Waals surface area contributed by atoms with Crippen molar-refractivity contribution >= 4 is 27.0 Å². The van der Waals surface area contributed by atoms with E-state index in [9.17, 15) is 27.8 Å². The van der Waals surface area contributed by atoms with E-state index < -0.39 is 26.8 Å². The van der Waals surface area contributed by atoms with Crippen LogP contribution in [0.15, 0.2) is 33.7 Å². The normalized spacial score (nSPS) is 16.8. The molecule has 0 fully saturated rings. The minimum Gasteiger partial charge on any atom is -0.258 e. The van der Waals surface area contributed by atoms with Gasteiger partial charge in [-0.25, -0.2) is 17.1 Å². The first-order chi connectivity index (χ1) is 13.3. The zero-order chi connectivity index (χ0) is 20.5. The van der Waals surface area contributed by atoms with Gasteiger partial charge in [0, 0.05) is 29.4 Å². The van der Waals surface area contributed by atoms with Gasteiger partial charge in [-0.1, -0.05) is 5.18 Å². The number of sulfonamides is 1. The second kappa shape index (κ2) is 8.02. The molecule has 1 aromatic heterocycles. The Labute approximate surface area is 165 Å². The molecule has 0 radical (unpaired) electrons. The van der Waals surface area contributed by atoms with Crippen molar-refractivity contribution in [2.75, 3.05) is 13.6 Å². The molecular formula is C17H18FN3O5S2. The summed E-state index contributed by atoms with van der Waals surface area (Å²) in [6.07, 6.45) is 1.93. The molecule has 1 heterocycles. The lowest BCUT2D eigenvalue weighted by atomic mass is 9.96. The molecule has 0 spiro atoms. The number of nitrogens with zero attached hydrogens (tertiary/aromatic N) is 3. The first kappa shape index (κ1) is 20.5. The number of halogens is 1. The molecule has 1 atom stereocenters. The molecule has 0 saturated heterocycles. The van der Waals surface area contributed by atoms with E-state index in [0.29, 0.717) is 29.7 Å².